The van der Waals surface area contributed by atoms with Gasteiger partial charge in [0.1, 0.15) is 0 Å². The summed E-state index contributed by atoms with van der Waals surface area (Å²) in [5, 5.41) is 3.40. The zero-order chi connectivity index (χ0) is 12.5. The second-order valence-corrected chi connectivity index (χ2v) is 4.26. The second kappa shape index (κ2) is 7.89. The van der Waals surface area contributed by atoms with Crippen LogP contribution in [0.5, 0.6) is 0 Å². The molecule has 1 N–H and O–H groups in total. The number of hydrogen-bond donors (Lipinski definition) is 1. The molecule has 0 unspecified atom stereocenters. The van der Waals surface area contributed by atoms with E-state index in [0.717, 1.165) is 6.54 Å². The third-order valence-corrected chi connectivity index (χ3v) is 3.19. The zero-order valence-corrected chi connectivity index (χ0v) is 10.6. The van der Waals surface area contributed by atoms with Gasteiger partial charge in [0.2, 0.25) is 0 Å². The van der Waals surface area contributed by atoms with Gasteiger partial charge in [-0.05, 0) is 38.5 Å². The van der Waals surface area contributed by atoms with Crippen molar-refractivity contribution < 1.29 is 0 Å². The van der Waals surface area contributed by atoms with Gasteiger partial charge in [0.25, 0.3) is 0 Å². The van der Waals surface area contributed by atoms with Crippen molar-refractivity contribution in [3.8, 4) is 12.8 Å². The fourth-order valence-corrected chi connectivity index (χ4v) is 2.27. The van der Waals surface area contributed by atoms with Gasteiger partial charge in [-0.25, -0.2) is 0 Å². The Hall–Kier alpha value is -1.30. The maximum atomic E-state index is 4.00. The number of rotatable bonds is 4. The quantitative estimate of drug-likeness (QED) is 0.798. The molecule has 0 bridgehead atoms. The van der Waals surface area contributed by atoms with Crippen LogP contribution in [-0.2, 0) is 0 Å². The number of nitrogens with zero attached hydrogens (tertiary/aromatic N) is 1. The molecule has 17 heavy (non-hydrogen) atoms. The molecule has 1 aliphatic heterocycles. The number of nitrogens with one attached hydrogen (secondary N) is 1. The number of likely N-dealkylation sites (tertiary alicyclic amines) is 1. The molecule has 1 aromatic rings. The molecule has 2 heteroatoms. The largest absolute Gasteiger partial charge is 0.312 e. The summed E-state index contributed by atoms with van der Waals surface area (Å²) < 4.78 is 0. The molecule has 1 fully saturated rings. The van der Waals surface area contributed by atoms with Crippen molar-refractivity contribution in [1.82, 2.24) is 10.2 Å². The molecular weight excluding hydrogens is 208 g/mol. The lowest BCUT2D eigenvalue weighted by Crippen LogP contribution is -2.31. The summed E-state index contributed by atoms with van der Waals surface area (Å²) in [6.45, 7) is 3.68. The summed E-state index contributed by atoms with van der Waals surface area (Å²) in [6.07, 6.45) is 10.7. The number of benzene rings is 1. The Kier molecular flexibility index (Phi) is 6.39. The van der Waals surface area contributed by atoms with E-state index < -0.39 is 0 Å². The van der Waals surface area contributed by atoms with Crippen molar-refractivity contribution in [2.75, 3.05) is 26.7 Å². The average molecular weight is 230 g/mol. The summed E-state index contributed by atoms with van der Waals surface area (Å²) >= 11 is 0. The van der Waals surface area contributed by atoms with Gasteiger partial charge in [-0.2, -0.15) is 0 Å². The van der Waals surface area contributed by atoms with E-state index in [9.17, 15) is 0 Å². The van der Waals surface area contributed by atoms with E-state index in [4.69, 9.17) is 0 Å². The Morgan fingerprint density at radius 1 is 1.18 bits per heavy atom. The highest BCUT2D eigenvalue weighted by Crippen LogP contribution is 2.16. The first-order valence-corrected chi connectivity index (χ1v) is 6.18. The van der Waals surface area contributed by atoms with Crippen LogP contribution in [0.3, 0.4) is 0 Å². The Morgan fingerprint density at radius 2 is 1.76 bits per heavy atom. The Bertz CT molecular complexity index is 312. The van der Waals surface area contributed by atoms with Crippen LogP contribution in [0, 0.1) is 12.8 Å². The van der Waals surface area contributed by atoms with Gasteiger partial charge < -0.3 is 10.2 Å². The van der Waals surface area contributed by atoms with Gasteiger partial charge >= 0.3 is 0 Å². The van der Waals surface area contributed by atoms with E-state index in [0.29, 0.717) is 6.04 Å². The van der Waals surface area contributed by atoms with Crippen molar-refractivity contribution in [3.05, 3.63) is 35.9 Å². The maximum absolute atomic E-state index is 4.00. The smallest absolute Gasteiger partial charge is 0.0446 e. The fourth-order valence-electron chi connectivity index (χ4n) is 2.27. The first kappa shape index (κ1) is 13.8. The van der Waals surface area contributed by atoms with E-state index in [1.54, 1.807) is 0 Å². The van der Waals surface area contributed by atoms with Gasteiger partial charge in [-0.15, -0.1) is 12.8 Å². The summed E-state index contributed by atoms with van der Waals surface area (Å²) in [7, 11) is 2.05. The molecule has 2 rings (SSSR count). The fraction of sp³-hybridized carbons (Fsp3) is 0.467. The molecular formula is C15H22N2. The lowest BCUT2D eigenvalue weighted by molar-refractivity contribution is 0.299. The maximum Gasteiger partial charge on any atom is 0.0446 e. The molecule has 0 radical (unpaired) electrons. The minimum Gasteiger partial charge on any atom is -0.312 e. The van der Waals surface area contributed by atoms with E-state index in [2.05, 4.69) is 53.4 Å². The minimum absolute atomic E-state index is 0.476. The van der Waals surface area contributed by atoms with Crippen molar-refractivity contribution in [2.24, 2.45) is 0 Å². The van der Waals surface area contributed by atoms with Crippen LogP contribution < -0.4 is 5.32 Å². The van der Waals surface area contributed by atoms with Gasteiger partial charge in [0.15, 0.2) is 0 Å². The number of terminal acetylenes is 1. The zero-order valence-electron chi connectivity index (χ0n) is 10.6. The summed E-state index contributed by atoms with van der Waals surface area (Å²) in [6, 6.07) is 11.2. The lowest BCUT2D eigenvalue weighted by Gasteiger charge is -2.23. The lowest BCUT2D eigenvalue weighted by atomic mass is 10.1. The molecule has 2 nitrogen and oxygen atoms in total. The molecule has 1 atom stereocenters. The monoisotopic (exact) mass is 230 g/mol. The molecule has 1 aromatic carbocycles. The van der Waals surface area contributed by atoms with Crippen LogP contribution in [0.1, 0.15) is 24.4 Å². The van der Waals surface area contributed by atoms with Crippen LogP contribution in [-0.4, -0.2) is 31.6 Å². The highest BCUT2D eigenvalue weighted by atomic mass is 15.2. The van der Waals surface area contributed by atoms with Gasteiger partial charge in [-0.1, -0.05) is 30.3 Å². The Morgan fingerprint density at radius 3 is 2.29 bits per heavy atom. The summed E-state index contributed by atoms with van der Waals surface area (Å²) in [5.41, 5.74) is 1.40. The average Bonchev–Trinajstić information content (AvgIpc) is 2.92. The molecule has 1 aliphatic rings. The first-order valence-electron chi connectivity index (χ1n) is 6.18. The number of likely N-dealkylation sites (N-methyl/N-ethyl adjacent to an activating group) is 1. The van der Waals surface area contributed by atoms with Crippen LogP contribution >= 0.6 is 0 Å². The van der Waals surface area contributed by atoms with Crippen LogP contribution in [0.15, 0.2) is 30.3 Å². The predicted molar refractivity (Wildman–Crippen MR) is 73.8 cm³/mol. The predicted octanol–water partition coefficient (Wildman–Crippen LogP) is 2.29. The van der Waals surface area contributed by atoms with Gasteiger partial charge in [-0.3, -0.25) is 0 Å². The first-order chi connectivity index (χ1) is 8.40. The van der Waals surface area contributed by atoms with Crippen molar-refractivity contribution >= 4 is 0 Å². The topological polar surface area (TPSA) is 15.3 Å². The van der Waals surface area contributed by atoms with Crippen LogP contribution in [0.4, 0.5) is 0 Å². The van der Waals surface area contributed by atoms with E-state index in [1.807, 2.05) is 7.05 Å². The minimum atomic E-state index is 0.476. The highest BCUT2D eigenvalue weighted by Gasteiger charge is 2.17. The Labute approximate surface area is 105 Å². The van der Waals surface area contributed by atoms with Gasteiger partial charge in [0.05, 0.1) is 0 Å². The standard InChI is InChI=1S/C13H20N2.C2H2/c1-14-13(11-15-9-5-6-10-15)12-7-3-2-4-8-12;1-2/h2-4,7-8,13-14H,5-6,9-11H2,1H3;1-2H/t13-;/m1./s1. The molecule has 0 spiro atoms. The third kappa shape index (κ3) is 4.22. The number of hydrogen-bond acceptors (Lipinski definition) is 2. The second-order valence-electron chi connectivity index (χ2n) is 4.26. The summed E-state index contributed by atoms with van der Waals surface area (Å²) in [5.74, 6) is 0. The van der Waals surface area contributed by atoms with Crippen molar-refractivity contribution in [3.63, 3.8) is 0 Å². The highest BCUT2D eigenvalue weighted by molar-refractivity contribution is 5.19. The van der Waals surface area contributed by atoms with E-state index >= 15 is 0 Å². The molecule has 0 aliphatic carbocycles. The van der Waals surface area contributed by atoms with E-state index in [1.165, 1.54) is 31.5 Å². The molecule has 0 aromatic heterocycles. The summed E-state index contributed by atoms with van der Waals surface area (Å²) in [4.78, 5) is 2.55. The van der Waals surface area contributed by atoms with Gasteiger partial charge in [0, 0.05) is 12.6 Å². The van der Waals surface area contributed by atoms with E-state index in [-0.39, 0.29) is 0 Å². The molecule has 0 amide bonds. The van der Waals surface area contributed by atoms with Crippen LogP contribution in [0.2, 0.25) is 0 Å². The molecule has 92 valence electrons. The molecule has 1 saturated heterocycles. The molecule has 1 heterocycles. The van der Waals surface area contributed by atoms with Crippen molar-refractivity contribution in [1.29, 1.82) is 0 Å². The van der Waals surface area contributed by atoms with Crippen LogP contribution in [0.25, 0.3) is 0 Å². The third-order valence-electron chi connectivity index (χ3n) is 3.19. The Balaban J connectivity index is 0.000000686. The SMILES string of the molecule is C#C.CN[C@H](CN1CCCC1)c1ccccc1. The van der Waals surface area contributed by atoms with Crippen molar-refractivity contribution in [2.45, 2.75) is 18.9 Å². The molecule has 0 saturated carbocycles. The normalized spacial score (nSPS) is 17.1.